The molecule has 0 radical (unpaired) electrons. The zero-order chi connectivity index (χ0) is 17.0. The molecule has 1 aliphatic rings. The van der Waals surface area contributed by atoms with Crippen LogP contribution in [0.25, 0.3) is 0 Å². The molecule has 0 bridgehead atoms. The third-order valence-electron chi connectivity index (χ3n) is 3.83. The first-order chi connectivity index (χ1) is 10.8. The first kappa shape index (κ1) is 17.8. The third-order valence-corrected chi connectivity index (χ3v) is 4.79. The molecule has 1 aromatic rings. The number of amides is 1. The van der Waals surface area contributed by atoms with Crippen LogP contribution in [-0.2, 0) is 15.9 Å². The fraction of sp³-hybridized carbons (Fsp3) is 0.647. The summed E-state index contributed by atoms with van der Waals surface area (Å²) in [6.45, 7) is 7.11. The van der Waals surface area contributed by atoms with Gasteiger partial charge in [-0.05, 0) is 52.0 Å². The lowest BCUT2D eigenvalue weighted by molar-refractivity contribution is 0.0184. The normalized spacial score (nSPS) is 16.3. The van der Waals surface area contributed by atoms with Crippen molar-refractivity contribution in [3.63, 3.8) is 0 Å². The van der Waals surface area contributed by atoms with Crippen LogP contribution in [0.2, 0.25) is 0 Å². The Kier molecular flexibility index (Phi) is 5.68. The minimum atomic E-state index is -0.449. The summed E-state index contributed by atoms with van der Waals surface area (Å²) >= 11 is 1.60. The monoisotopic (exact) mass is 339 g/mol. The molecule has 1 aromatic heterocycles. The maximum Gasteiger partial charge on any atom is 0.410 e. The predicted octanol–water partition coefficient (Wildman–Crippen LogP) is 3.72. The highest BCUT2D eigenvalue weighted by Gasteiger charge is 2.27. The summed E-state index contributed by atoms with van der Waals surface area (Å²) in [6, 6.07) is 1.91. The van der Waals surface area contributed by atoms with Crippen LogP contribution in [-0.4, -0.2) is 42.8 Å². The van der Waals surface area contributed by atoms with Gasteiger partial charge in [-0.3, -0.25) is 0 Å². The summed E-state index contributed by atoms with van der Waals surface area (Å²) in [5.41, 5.74) is 0.175. The van der Waals surface area contributed by atoms with Crippen LogP contribution in [0, 0.1) is 5.92 Å². The van der Waals surface area contributed by atoms with Crippen molar-refractivity contribution in [2.24, 2.45) is 5.92 Å². The van der Waals surface area contributed by atoms with E-state index in [9.17, 15) is 9.59 Å². The van der Waals surface area contributed by atoms with E-state index < -0.39 is 5.60 Å². The lowest BCUT2D eigenvalue weighted by Crippen LogP contribution is -2.42. The van der Waals surface area contributed by atoms with Crippen LogP contribution in [0.3, 0.4) is 0 Å². The van der Waals surface area contributed by atoms with Crippen LogP contribution in [0.5, 0.6) is 0 Å². The van der Waals surface area contributed by atoms with Gasteiger partial charge in [0, 0.05) is 23.3 Å². The van der Waals surface area contributed by atoms with E-state index in [1.807, 2.05) is 32.2 Å². The van der Waals surface area contributed by atoms with Crippen LogP contribution in [0.4, 0.5) is 4.79 Å². The van der Waals surface area contributed by atoms with Crippen LogP contribution in [0.15, 0.2) is 11.4 Å². The quantitative estimate of drug-likeness (QED) is 0.788. The number of likely N-dealkylation sites (tertiary alicyclic amines) is 1. The zero-order valence-electron chi connectivity index (χ0n) is 14.3. The topological polar surface area (TPSA) is 55.8 Å². The van der Waals surface area contributed by atoms with Gasteiger partial charge in [-0.15, -0.1) is 11.3 Å². The molecular weight excluding hydrogens is 314 g/mol. The lowest BCUT2D eigenvalue weighted by Gasteiger charge is -2.33. The van der Waals surface area contributed by atoms with Gasteiger partial charge in [0.1, 0.15) is 5.60 Å². The van der Waals surface area contributed by atoms with E-state index in [0.717, 1.165) is 32.4 Å². The second kappa shape index (κ2) is 7.34. The Balaban J connectivity index is 1.82. The molecule has 2 heterocycles. The maximum atomic E-state index is 12.0. The largest absolute Gasteiger partial charge is 0.465 e. The van der Waals surface area contributed by atoms with Gasteiger partial charge < -0.3 is 14.4 Å². The fourth-order valence-electron chi connectivity index (χ4n) is 2.64. The molecule has 1 amide bonds. The Morgan fingerprint density at radius 1 is 1.30 bits per heavy atom. The molecule has 0 atom stereocenters. The molecule has 1 aliphatic heterocycles. The number of ether oxygens (including phenoxy) is 2. The Morgan fingerprint density at radius 3 is 2.52 bits per heavy atom. The molecule has 1 fully saturated rings. The minimum Gasteiger partial charge on any atom is -0.465 e. The van der Waals surface area contributed by atoms with E-state index in [4.69, 9.17) is 9.47 Å². The smallest absolute Gasteiger partial charge is 0.410 e. The van der Waals surface area contributed by atoms with Gasteiger partial charge in [0.25, 0.3) is 0 Å². The van der Waals surface area contributed by atoms with E-state index >= 15 is 0 Å². The van der Waals surface area contributed by atoms with Crippen molar-refractivity contribution in [1.82, 2.24) is 4.90 Å². The predicted molar refractivity (Wildman–Crippen MR) is 89.9 cm³/mol. The van der Waals surface area contributed by atoms with E-state index in [2.05, 4.69) is 0 Å². The average molecular weight is 339 g/mol. The van der Waals surface area contributed by atoms with Gasteiger partial charge in [0.15, 0.2) is 0 Å². The lowest BCUT2D eigenvalue weighted by atomic mass is 9.93. The summed E-state index contributed by atoms with van der Waals surface area (Å²) in [7, 11) is 1.39. The van der Waals surface area contributed by atoms with Gasteiger partial charge in [0.05, 0.1) is 12.7 Å². The number of piperidine rings is 1. The molecule has 0 N–H and O–H groups in total. The number of thiophene rings is 1. The molecule has 0 aliphatic carbocycles. The Labute approximate surface area is 141 Å². The third kappa shape index (κ3) is 5.23. The molecule has 128 valence electrons. The molecule has 23 heavy (non-hydrogen) atoms. The summed E-state index contributed by atoms with van der Waals surface area (Å²) in [5, 5.41) is 1.84. The molecule has 1 saturated heterocycles. The summed E-state index contributed by atoms with van der Waals surface area (Å²) in [6.07, 6.45) is 2.65. The first-order valence-corrected chi connectivity index (χ1v) is 8.80. The molecular formula is C17H25NO4S. The van der Waals surface area contributed by atoms with E-state index in [1.54, 1.807) is 16.2 Å². The number of carbonyl (C=O) groups excluding carboxylic acids is 2. The molecule has 0 spiro atoms. The van der Waals surface area contributed by atoms with Crippen molar-refractivity contribution in [3.05, 3.63) is 21.9 Å². The standard InChI is InChI=1S/C17H25NO4S/c1-17(2,3)22-16(20)18-7-5-12(6-8-18)9-14-10-13(11-23-14)15(19)21-4/h10-12H,5-9H2,1-4H3. The maximum absolute atomic E-state index is 12.0. The van der Waals surface area contributed by atoms with Crippen molar-refractivity contribution in [2.45, 2.75) is 45.6 Å². The molecule has 0 saturated carbocycles. The van der Waals surface area contributed by atoms with Gasteiger partial charge >= 0.3 is 12.1 Å². The highest BCUT2D eigenvalue weighted by atomic mass is 32.1. The molecule has 0 unspecified atom stereocenters. The number of carbonyl (C=O) groups is 2. The van der Waals surface area contributed by atoms with E-state index in [1.165, 1.54) is 12.0 Å². The Bertz CT molecular complexity index is 553. The zero-order valence-corrected chi connectivity index (χ0v) is 15.1. The van der Waals surface area contributed by atoms with Crippen molar-refractivity contribution >= 4 is 23.4 Å². The van der Waals surface area contributed by atoms with Crippen LogP contribution >= 0.6 is 11.3 Å². The number of methoxy groups -OCH3 is 1. The molecule has 0 aromatic carbocycles. The van der Waals surface area contributed by atoms with Crippen molar-refractivity contribution in [1.29, 1.82) is 0 Å². The Morgan fingerprint density at radius 2 is 1.96 bits per heavy atom. The van der Waals surface area contributed by atoms with E-state index in [0.29, 0.717) is 11.5 Å². The average Bonchev–Trinajstić information content (AvgIpc) is 2.94. The number of nitrogens with zero attached hydrogens (tertiary/aromatic N) is 1. The van der Waals surface area contributed by atoms with Crippen molar-refractivity contribution < 1.29 is 19.1 Å². The summed E-state index contributed by atoms with van der Waals surface area (Å²) in [5.74, 6) is 0.255. The van der Waals surface area contributed by atoms with Gasteiger partial charge in [-0.1, -0.05) is 0 Å². The van der Waals surface area contributed by atoms with E-state index in [-0.39, 0.29) is 12.1 Å². The summed E-state index contributed by atoms with van der Waals surface area (Å²) < 4.78 is 10.1. The summed E-state index contributed by atoms with van der Waals surface area (Å²) in [4.78, 5) is 26.5. The van der Waals surface area contributed by atoms with Gasteiger partial charge in [-0.2, -0.15) is 0 Å². The van der Waals surface area contributed by atoms with Gasteiger partial charge in [-0.25, -0.2) is 9.59 Å². The van der Waals surface area contributed by atoms with Crippen molar-refractivity contribution in [2.75, 3.05) is 20.2 Å². The number of rotatable bonds is 3. The number of hydrogen-bond donors (Lipinski definition) is 0. The minimum absolute atomic E-state index is 0.222. The highest BCUT2D eigenvalue weighted by molar-refractivity contribution is 7.10. The second-order valence-corrected chi connectivity index (χ2v) is 7.90. The number of esters is 1. The molecule has 2 rings (SSSR count). The SMILES string of the molecule is COC(=O)c1csc(CC2CCN(C(=O)OC(C)(C)C)CC2)c1. The van der Waals surface area contributed by atoms with Gasteiger partial charge in [0.2, 0.25) is 0 Å². The molecule has 5 nitrogen and oxygen atoms in total. The first-order valence-electron chi connectivity index (χ1n) is 7.92. The molecule has 6 heteroatoms. The fourth-order valence-corrected chi connectivity index (χ4v) is 3.61. The van der Waals surface area contributed by atoms with Crippen molar-refractivity contribution in [3.8, 4) is 0 Å². The second-order valence-electron chi connectivity index (χ2n) is 6.91. The highest BCUT2D eigenvalue weighted by Crippen LogP contribution is 2.26. The Hall–Kier alpha value is -1.56. The van der Waals surface area contributed by atoms with Crippen LogP contribution in [0.1, 0.15) is 48.8 Å². The van der Waals surface area contributed by atoms with Crippen LogP contribution < -0.4 is 0 Å². The number of hydrogen-bond acceptors (Lipinski definition) is 5.